The molecule has 0 spiro atoms. The highest BCUT2D eigenvalue weighted by Gasteiger charge is 1.77. The molecule has 0 rings (SSSR count). The van der Waals surface area contributed by atoms with Crippen LogP contribution in [0.4, 0.5) is 0 Å². The molecule has 0 aliphatic heterocycles. The van der Waals surface area contributed by atoms with Crippen LogP contribution in [0.5, 0.6) is 0 Å². The first-order chi connectivity index (χ1) is 3.46. The van der Waals surface area contributed by atoms with Gasteiger partial charge in [-0.3, -0.25) is 0 Å². The van der Waals surface area contributed by atoms with Gasteiger partial charge in [-0.05, 0) is 46.5 Å². The highest BCUT2D eigenvalue weighted by atomic mass is 80.0. The zero-order valence-electron chi connectivity index (χ0n) is 3.15. The van der Waals surface area contributed by atoms with Crippen molar-refractivity contribution in [3.63, 3.8) is 0 Å². The summed E-state index contributed by atoms with van der Waals surface area (Å²) in [6.07, 6.45) is 0. The van der Waals surface area contributed by atoms with Gasteiger partial charge < -0.3 is 0 Å². The highest BCUT2D eigenvalue weighted by molar-refractivity contribution is 9.93. The van der Waals surface area contributed by atoms with Gasteiger partial charge in [-0.2, -0.15) is 0 Å². The van der Waals surface area contributed by atoms with Gasteiger partial charge in [0.25, 0.3) is 0 Å². The van der Waals surface area contributed by atoms with E-state index in [-0.39, 0.29) is 4.03 Å². The average Bonchev–Trinajstić information content (AvgIpc) is 1.25. The topological polar surface area (TPSA) is 17.1 Å². The summed E-state index contributed by atoms with van der Waals surface area (Å²) in [5.41, 5.74) is 0. The molecule has 0 amide bonds. The van der Waals surface area contributed by atoms with E-state index >= 15 is 0 Å². The van der Waals surface area contributed by atoms with Crippen LogP contribution in [0.3, 0.4) is 0 Å². The second-order valence-corrected chi connectivity index (χ2v) is 18.2. The maximum Gasteiger partial charge on any atom is 0.211 e. The van der Waals surface area contributed by atoms with Crippen molar-refractivity contribution in [3.8, 4) is 0 Å². The fourth-order valence-electron chi connectivity index (χ4n) is 0. The van der Waals surface area contributed by atoms with Gasteiger partial charge in [0.1, 0.15) is 4.03 Å². The molecule has 0 saturated carbocycles. The molecule has 0 aliphatic carbocycles. The van der Waals surface area contributed by atoms with Gasteiger partial charge >= 0.3 is 0 Å². The van der Waals surface area contributed by atoms with Gasteiger partial charge in [0.05, 0.1) is 0 Å². The van der Waals surface area contributed by atoms with Crippen molar-refractivity contribution in [2.24, 2.45) is 0 Å². The summed E-state index contributed by atoms with van der Waals surface area (Å²) < 4.78 is 8.90. The summed E-state index contributed by atoms with van der Waals surface area (Å²) in [5, 5.41) is 0. The van der Waals surface area contributed by atoms with Crippen LogP contribution in [-0.2, 0) is 9.23 Å². The fraction of sp³-hybridized carbons (Fsp3) is 0. The number of rotatable bonds is 0. The Kier molecular flexibility index (Phi) is 15.9. The maximum atomic E-state index is 9.09. The molecule has 0 aromatic heterocycles. The predicted molar refractivity (Wildman–Crippen MR) is 53.5 cm³/mol. The predicted octanol–water partition coefficient (Wildman–Crippen LogP) is 4.44. The zero-order chi connectivity index (χ0) is 7.15. The average molecular weight is 390 g/mol. The smallest absolute Gasteiger partial charge is 0.211 e. The molecule has 0 aromatic rings. The third-order valence-corrected chi connectivity index (χ3v) is 0. The highest BCUT2D eigenvalue weighted by Crippen LogP contribution is 2.59. The van der Waals surface area contributed by atoms with E-state index in [1.54, 1.807) is 0 Å². The Labute approximate surface area is 84.3 Å². The molecule has 0 bridgehead atoms. The maximum absolute atomic E-state index is 9.09. The molecule has 1 nitrogen and oxygen atoms in total. The second kappa shape index (κ2) is 9.60. The van der Waals surface area contributed by atoms with E-state index in [4.69, 9.17) is 4.21 Å². The Morgan fingerprint density at radius 2 is 1.25 bits per heavy atom. The van der Waals surface area contributed by atoms with E-state index in [2.05, 4.69) is 67.8 Å². The zero-order valence-corrected chi connectivity index (χ0v) is 11.1. The van der Waals surface area contributed by atoms with Gasteiger partial charge in [0, 0.05) is 21.4 Å². The third-order valence-electron chi connectivity index (χ3n) is 0. The normalized spacial score (nSPS) is 8.88. The number of halogens is 5. The SMILES string of the molecule is BrP(Br)Br.O=S(Cl)Cl. The summed E-state index contributed by atoms with van der Waals surface area (Å²) >= 11 is 9.51. The van der Waals surface area contributed by atoms with Gasteiger partial charge in [-0.25, -0.2) is 4.21 Å². The number of hydrogen-bond donors (Lipinski definition) is 0. The lowest BCUT2D eigenvalue weighted by atomic mass is 16.0. The minimum atomic E-state index is -1.67. The van der Waals surface area contributed by atoms with Crippen LogP contribution < -0.4 is 0 Å². The molecule has 8 heavy (non-hydrogen) atoms. The lowest BCUT2D eigenvalue weighted by Crippen LogP contribution is -1.41. The monoisotopic (exact) mass is 386 g/mol. The van der Waals surface area contributed by atoms with E-state index in [1.165, 1.54) is 0 Å². The quantitative estimate of drug-likeness (QED) is 0.442. The lowest BCUT2D eigenvalue weighted by Gasteiger charge is -1.70. The lowest BCUT2D eigenvalue weighted by molar-refractivity contribution is 0.698. The van der Waals surface area contributed by atoms with Gasteiger partial charge in [0.15, 0.2) is 0 Å². The molecule has 0 aromatic carbocycles. The van der Waals surface area contributed by atoms with Crippen LogP contribution in [-0.4, -0.2) is 4.21 Å². The van der Waals surface area contributed by atoms with Crippen molar-refractivity contribution in [2.45, 2.75) is 0 Å². The Balaban J connectivity index is 0. The minimum Gasteiger partial charge on any atom is -0.225 e. The molecule has 52 valence electrons. The summed E-state index contributed by atoms with van der Waals surface area (Å²) in [6.45, 7) is 0. The van der Waals surface area contributed by atoms with Crippen LogP contribution in [0.25, 0.3) is 0 Å². The Hall–Kier alpha value is 2.60. The van der Waals surface area contributed by atoms with Crippen LogP contribution >= 0.6 is 71.9 Å². The van der Waals surface area contributed by atoms with Gasteiger partial charge in [-0.15, -0.1) is 0 Å². The standard InChI is InChI=1S/Br3P.Cl2OS/c2*1-4(2)3. The third kappa shape index (κ3) is 73.5. The second-order valence-electron chi connectivity index (χ2n) is 0.376. The van der Waals surface area contributed by atoms with Crippen LogP contribution in [0.1, 0.15) is 0 Å². The van der Waals surface area contributed by atoms with E-state index in [0.29, 0.717) is 0 Å². The summed E-state index contributed by atoms with van der Waals surface area (Å²) in [7, 11) is 7.36. The molecule has 8 heteroatoms. The van der Waals surface area contributed by atoms with Crippen molar-refractivity contribution < 1.29 is 4.21 Å². The van der Waals surface area contributed by atoms with Crippen LogP contribution in [0.2, 0.25) is 0 Å². The molecule has 0 unspecified atom stereocenters. The number of hydrogen-bond acceptors (Lipinski definition) is 1. The van der Waals surface area contributed by atoms with Gasteiger partial charge in [-0.1, -0.05) is 0 Å². The van der Waals surface area contributed by atoms with E-state index in [0.717, 1.165) is 0 Å². The first-order valence-electron chi connectivity index (χ1n) is 0.982. The molecular weight excluding hydrogens is 390 g/mol. The largest absolute Gasteiger partial charge is 0.225 e. The minimum absolute atomic E-state index is 0.183. The molecule has 0 aliphatic rings. The van der Waals surface area contributed by atoms with Crippen molar-refractivity contribution in [1.82, 2.24) is 0 Å². The molecule has 0 atom stereocenters. The van der Waals surface area contributed by atoms with E-state index in [1.807, 2.05) is 0 Å². The first kappa shape index (κ1) is 13.2. The Morgan fingerprint density at radius 1 is 1.25 bits per heavy atom. The van der Waals surface area contributed by atoms with Crippen molar-refractivity contribution in [3.05, 3.63) is 0 Å². The van der Waals surface area contributed by atoms with Gasteiger partial charge in [0.2, 0.25) is 9.23 Å². The molecule has 0 radical (unpaired) electrons. The molecule has 0 fully saturated rings. The fourth-order valence-corrected chi connectivity index (χ4v) is 0. The molecular formula is Br3Cl2OPS. The summed E-state index contributed by atoms with van der Waals surface area (Å²) in [6, 6.07) is 0. The molecule has 0 heterocycles. The molecule has 0 N–H and O–H groups in total. The Morgan fingerprint density at radius 3 is 1.25 bits per heavy atom. The Bertz CT molecular complexity index is 61.5. The van der Waals surface area contributed by atoms with Crippen molar-refractivity contribution in [2.75, 3.05) is 0 Å². The van der Waals surface area contributed by atoms with Crippen molar-refractivity contribution >= 4 is 81.1 Å². The summed E-state index contributed by atoms with van der Waals surface area (Å²) in [5.74, 6) is 0. The van der Waals surface area contributed by atoms with E-state index in [9.17, 15) is 0 Å². The molecule has 0 saturated heterocycles. The first-order valence-corrected chi connectivity index (χ1v) is 11.2. The summed E-state index contributed by atoms with van der Waals surface area (Å²) in [4.78, 5) is 0. The van der Waals surface area contributed by atoms with Crippen LogP contribution in [0, 0.1) is 0 Å². The van der Waals surface area contributed by atoms with Crippen molar-refractivity contribution in [1.29, 1.82) is 0 Å². The van der Waals surface area contributed by atoms with Crippen LogP contribution in [0.15, 0.2) is 0 Å². The van der Waals surface area contributed by atoms with E-state index < -0.39 is 9.23 Å².